The zero-order valence-corrected chi connectivity index (χ0v) is 15.0. The second kappa shape index (κ2) is 9.99. The zero-order chi connectivity index (χ0) is 18.8. The molecule has 0 spiro atoms. The lowest BCUT2D eigenvalue weighted by Gasteiger charge is -2.07. The highest BCUT2D eigenvalue weighted by molar-refractivity contribution is 6.17. The van der Waals surface area contributed by atoms with Crippen LogP contribution in [0.25, 0.3) is 12.2 Å². The van der Waals surface area contributed by atoms with Crippen molar-refractivity contribution in [3.05, 3.63) is 82.9 Å². The van der Waals surface area contributed by atoms with Crippen LogP contribution >= 0.6 is 0 Å². The highest BCUT2D eigenvalue weighted by Crippen LogP contribution is 2.17. The molecule has 2 rings (SSSR count). The summed E-state index contributed by atoms with van der Waals surface area (Å²) >= 11 is 0. The summed E-state index contributed by atoms with van der Waals surface area (Å²) in [4.78, 5) is 23.7. The minimum absolute atomic E-state index is 0.123. The molecular formula is C22H22O4. The summed E-state index contributed by atoms with van der Waals surface area (Å²) in [5.74, 6) is -1.42. The molecule has 0 fully saturated rings. The zero-order valence-electron chi connectivity index (χ0n) is 15.0. The number of carbonyl (C=O) groups is 2. The molecule has 134 valence electrons. The maximum atomic E-state index is 11.8. The third kappa shape index (κ3) is 5.45. The van der Waals surface area contributed by atoms with Gasteiger partial charge in [-0.25, -0.2) is 9.59 Å². The quantitative estimate of drug-likeness (QED) is 0.327. The van der Waals surface area contributed by atoms with Crippen LogP contribution in [0.3, 0.4) is 0 Å². The van der Waals surface area contributed by atoms with E-state index in [1.807, 2.05) is 54.6 Å². The normalized spacial score (nSPS) is 10.4. The molecule has 0 atom stereocenters. The van der Waals surface area contributed by atoms with Gasteiger partial charge in [-0.2, -0.15) is 0 Å². The van der Waals surface area contributed by atoms with E-state index in [2.05, 4.69) is 21.6 Å². The van der Waals surface area contributed by atoms with E-state index in [1.165, 1.54) is 20.3 Å². The molecule has 2 aromatic carbocycles. The van der Waals surface area contributed by atoms with Crippen molar-refractivity contribution in [2.45, 2.75) is 12.8 Å². The first-order chi connectivity index (χ1) is 12.7. The Labute approximate surface area is 153 Å². The van der Waals surface area contributed by atoms with Crippen LogP contribution in [0.15, 0.2) is 66.2 Å². The lowest BCUT2D eigenvalue weighted by Crippen LogP contribution is -2.15. The smallest absolute Gasteiger partial charge is 0.345 e. The first-order valence-electron chi connectivity index (χ1n) is 8.33. The molecule has 0 heterocycles. The number of aryl methyl sites for hydroxylation is 1. The molecule has 0 radical (unpaired) electrons. The number of hydrogen-bond donors (Lipinski definition) is 0. The van der Waals surface area contributed by atoms with Crippen molar-refractivity contribution in [2.24, 2.45) is 0 Å². The fourth-order valence-electron chi connectivity index (χ4n) is 2.50. The number of rotatable bonds is 7. The third-order valence-corrected chi connectivity index (χ3v) is 3.86. The molecule has 2 aromatic rings. The van der Waals surface area contributed by atoms with E-state index in [-0.39, 0.29) is 5.57 Å². The van der Waals surface area contributed by atoms with Crippen molar-refractivity contribution < 1.29 is 19.1 Å². The Kier molecular flexibility index (Phi) is 7.37. The van der Waals surface area contributed by atoms with Crippen molar-refractivity contribution in [3.63, 3.8) is 0 Å². The average molecular weight is 350 g/mol. The Hall–Kier alpha value is -3.14. The molecule has 0 unspecified atom stereocenters. The van der Waals surface area contributed by atoms with Gasteiger partial charge in [0.05, 0.1) is 14.2 Å². The number of hydrogen-bond acceptors (Lipinski definition) is 4. The van der Waals surface area contributed by atoms with E-state index in [0.29, 0.717) is 0 Å². The van der Waals surface area contributed by atoms with E-state index in [4.69, 9.17) is 0 Å². The minimum atomic E-state index is -0.712. The van der Waals surface area contributed by atoms with Gasteiger partial charge in [-0.15, -0.1) is 0 Å². The lowest BCUT2D eigenvalue weighted by molar-refractivity contribution is -0.143. The van der Waals surface area contributed by atoms with Crippen LogP contribution in [-0.2, 0) is 25.5 Å². The summed E-state index contributed by atoms with van der Waals surface area (Å²) < 4.78 is 9.35. The maximum absolute atomic E-state index is 11.8. The topological polar surface area (TPSA) is 52.6 Å². The van der Waals surface area contributed by atoms with Gasteiger partial charge in [0.25, 0.3) is 0 Å². The fourth-order valence-corrected chi connectivity index (χ4v) is 2.50. The number of carbonyl (C=O) groups excluding carboxylic acids is 2. The van der Waals surface area contributed by atoms with E-state index in [9.17, 15) is 9.59 Å². The SMILES string of the molecule is COC(=O)C(=Cc1ccccc1CC/C=C/c1ccccc1)C(=O)OC. The van der Waals surface area contributed by atoms with Crippen LogP contribution in [0, 0.1) is 0 Å². The predicted molar refractivity (Wildman–Crippen MR) is 102 cm³/mol. The van der Waals surface area contributed by atoms with E-state index < -0.39 is 11.9 Å². The van der Waals surface area contributed by atoms with Crippen molar-refractivity contribution >= 4 is 24.1 Å². The second-order valence-electron chi connectivity index (χ2n) is 5.59. The summed E-state index contributed by atoms with van der Waals surface area (Å²) in [5, 5.41) is 0. The van der Waals surface area contributed by atoms with Gasteiger partial charge in [-0.05, 0) is 35.6 Å². The average Bonchev–Trinajstić information content (AvgIpc) is 2.70. The Morgan fingerprint density at radius 2 is 1.50 bits per heavy atom. The van der Waals surface area contributed by atoms with E-state index in [0.717, 1.165) is 29.5 Å². The van der Waals surface area contributed by atoms with Gasteiger partial charge in [0.15, 0.2) is 0 Å². The van der Waals surface area contributed by atoms with Gasteiger partial charge in [-0.1, -0.05) is 66.7 Å². The summed E-state index contributed by atoms with van der Waals surface area (Å²) in [5.41, 5.74) is 2.86. The Balaban J connectivity index is 2.16. The Bertz CT molecular complexity index is 786. The monoisotopic (exact) mass is 350 g/mol. The summed E-state index contributed by atoms with van der Waals surface area (Å²) in [7, 11) is 2.47. The molecule has 4 nitrogen and oxygen atoms in total. The van der Waals surface area contributed by atoms with Gasteiger partial charge in [0, 0.05) is 0 Å². The molecule has 0 N–H and O–H groups in total. The van der Waals surface area contributed by atoms with Gasteiger partial charge in [0.2, 0.25) is 0 Å². The van der Waals surface area contributed by atoms with Crippen LogP contribution in [0.5, 0.6) is 0 Å². The highest BCUT2D eigenvalue weighted by atomic mass is 16.5. The summed E-state index contributed by atoms with van der Waals surface area (Å²) in [6, 6.07) is 17.7. The first kappa shape index (κ1) is 19.2. The van der Waals surface area contributed by atoms with E-state index in [1.54, 1.807) is 0 Å². The second-order valence-corrected chi connectivity index (χ2v) is 5.59. The van der Waals surface area contributed by atoms with Crippen LogP contribution in [0.2, 0.25) is 0 Å². The number of allylic oxidation sites excluding steroid dienone is 1. The van der Waals surface area contributed by atoms with Crippen molar-refractivity contribution in [1.29, 1.82) is 0 Å². The van der Waals surface area contributed by atoms with Gasteiger partial charge >= 0.3 is 11.9 Å². The van der Waals surface area contributed by atoms with Crippen molar-refractivity contribution in [1.82, 2.24) is 0 Å². The van der Waals surface area contributed by atoms with Gasteiger partial charge in [0.1, 0.15) is 5.57 Å². The molecule has 4 heteroatoms. The molecule has 0 aliphatic carbocycles. The van der Waals surface area contributed by atoms with Gasteiger partial charge in [-0.3, -0.25) is 0 Å². The maximum Gasteiger partial charge on any atom is 0.345 e. The van der Waals surface area contributed by atoms with Crippen molar-refractivity contribution in [3.8, 4) is 0 Å². The molecular weight excluding hydrogens is 328 g/mol. The van der Waals surface area contributed by atoms with E-state index >= 15 is 0 Å². The first-order valence-corrected chi connectivity index (χ1v) is 8.33. The third-order valence-electron chi connectivity index (χ3n) is 3.86. The highest BCUT2D eigenvalue weighted by Gasteiger charge is 2.20. The molecule has 0 bridgehead atoms. The molecule has 0 saturated carbocycles. The van der Waals surface area contributed by atoms with Crippen LogP contribution in [-0.4, -0.2) is 26.2 Å². The predicted octanol–water partition coefficient (Wildman–Crippen LogP) is 4.06. The summed E-state index contributed by atoms with van der Waals surface area (Å²) in [6.07, 6.45) is 7.33. The molecule has 0 amide bonds. The number of esters is 2. The number of benzene rings is 2. The van der Waals surface area contributed by atoms with Crippen LogP contribution in [0.4, 0.5) is 0 Å². The fraction of sp³-hybridized carbons (Fsp3) is 0.182. The Morgan fingerprint density at radius 3 is 2.15 bits per heavy atom. The molecule has 0 aliphatic heterocycles. The molecule has 0 saturated heterocycles. The summed E-state index contributed by atoms with van der Waals surface area (Å²) in [6.45, 7) is 0. The lowest BCUT2D eigenvalue weighted by atomic mass is 10.00. The number of methoxy groups -OCH3 is 2. The molecule has 26 heavy (non-hydrogen) atoms. The van der Waals surface area contributed by atoms with Gasteiger partial charge < -0.3 is 9.47 Å². The van der Waals surface area contributed by atoms with Crippen LogP contribution in [0.1, 0.15) is 23.1 Å². The standard InChI is InChI=1S/C22H22O4/c1-25-21(23)20(22(24)26-2)16-19-15-9-8-14-18(19)13-7-6-12-17-10-4-3-5-11-17/h3-6,8-12,14-16H,7,13H2,1-2H3/b12-6+. The Morgan fingerprint density at radius 1 is 0.885 bits per heavy atom. The number of ether oxygens (including phenoxy) is 2. The molecule has 0 aromatic heterocycles. The van der Waals surface area contributed by atoms with Crippen LogP contribution < -0.4 is 0 Å². The van der Waals surface area contributed by atoms with Crippen molar-refractivity contribution in [2.75, 3.05) is 14.2 Å². The minimum Gasteiger partial charge on any atom is -0.465 e. The molecule has 0 aliphatic rings. The largest absolute Gasteiger partial charge is 0.465 e.